The number of rotatable bonds is 6. The standard InChI is InChI=1S/C17H18O6S/c1-12(2)11-22-17(19)13-3-7-15(8-4-13)23-24(20,21)16-9-5-14(18)6-10-16/h3-10,12,18H,11H2,1-2H3. The molecule has 2 aromatic rings. The average molecular weight is 350 g/mol. The minimum absolute atomic E-state index is 0.0433. The minimum atomic E-state index is -4.01. The number of phenolic OH excluding ortho intramolecular Hbond substituents is 1. The molecule has 0 fully saturated rings. The number of hydrogen-bond acceptors (Lipinski definition) is 6. The van der Waals surface area contributed by atoms with Crippen molar-refractivity contribution >= 4 is 16.1 Å². The van der Waals surface area contributed by atoms with Crippen molar-refractivity contribution in [3.63, 3.8) is 0 Å². The predicted octanol–water partition coefficient (Wildman–Crippen LogP) is 2.97. The van der Waals surface area contributed by atoms with Crippen LogP contribution in [0.5, 0.6) is 11.5 Å². The normalized spacial score (nSPS) is 11.3. The molecular formula is C17H18O6S. The second kappa shape index (κ2) is 7.35. The maximum absolute atomic E-state index is 12.1. The van der Waals surface area contributed by atoms with Crippen LogP contribution >= 0.6 is 0 Å². The van der Waals surface area contributed by atoms with E-state index >= 15 is 0 Å². The van der Waals surface area contributed by atoms with Gasteiger partial charge >= 0.3 is 16.1 Å². The smallest absolute Gasteiger partial charge is 0.339 e. The lowest BCUT2D eigenvalue weighted by Gasteiger charge is -2.09. The van der Waals surface area contributed by atoms with Gasteiger partial charge in [0.2, 0.25) is 0 Å². The maximum Gasteiger partial charge on any atom is 0.339 e. The third kappa shape index (κ3) is 4.73. The van der Waals surface area contributed by atoms with E-state index in [1.807, 2.05) is 13.8 Å². The molecule has 0 saturated heterocycles. The van der Waals surface area contributed by atoms with Gasteiger partial charge in [0.25, 0.3) is 0 Å². The molecule has 24 heavy (non-hydrogen) atoms. The molecule has 0 amide bonds. The van der Waals surface area contributed by atoms with Crippen LogP contribution in [-0.2, 0) is 14.9 Å². The molecule has 0 atom stereocenters. The largest absolute Gasteiger partial charge is 0.508 e. The minimum Gasteiger partial charge on any atom is -0.508 e. The van der Waals surface area contributed by atoms with Crippen LogP contribution in [0.15, 0.2) is 53.4 Å². The van der Waals surface area contributed by atoms with Crippen molar-refractivity contribution < 1.29 is 27.2 Å². The molecule has 0 saturated carbocycles. The Kier molecular flexibility index (Phi) is 5.46. The van der Waals surface area contributed by atoms with E-state index < -0.39 is 16.1 Å². The van der Waals surface area contributed by atoms with Crippen LogP contribution in [0.4, 0.5) is 0 Å². The molecule has 0 radical (unpaired) electrons. The number of benzene rings is 2. The summed E-state index contributed by atoms with van der Waals surface area (Å²) in [4.78, 5) is 11.7. The van der Waals surface area contributed by atoms with Gasteiger partial charge in [0.05, 0.1) is 12.2 Å². The molecule has 2 rings (SSSR count). The Morgan fingerprint density at radius 2 is 1.62 bits per heavy atom. The molecule has 128 valence electrons. The van der Waals surface area contributed by atoms with Crippen LogP contribution < -0.4 is 4.18 Å². The molecule has 0 spiro atoms. The molecule has 1 N–H and O–H groups in total. The van der Waals surface area contributed by atoms with Gasteiger partial charge in [-0.2, -0.15) is 8.42 Å². The summed E-state index contributed by atoms with van der Waals surface area (Å²) in [6.07, 6.45) is 0. The summed E-state index contributed by atoms with van der Waals surface area (Å²) in [6, 6.07) is 10.6. The molecule has 0 aliphatic rings. The number of hydrogen-bond donors (Lipinski definition) is 1. The molecule has 0 bridgehead atoms. The highest BCUT2D eigenvalue weighted by Crippen LogP contribution is 2.21. The van der Waals surface area contributed by atoms with Gasteiger partial charge in [-0.3, -0.25) is 0 Å². The van der Waals surface area contributed by atoms with Crippen molar-refractivity contribution in [3.8, 4) is 11.5 Å². The van der Waals surface area contributed by atoms with Crippen molar-refractivity contribution in [1.82, 2.24) is 0 Å². The zero-order valence-electron chi connectivity index (χ0n) is 13.3. The number of esters is 1. The van der Waals surface area contributed by atoms with E-state index in [2.05, 4.69) is 0 Å². The second-order valence-electron chi connectivity index (χ2n) is 5.55. The van der Waals surface area contributed by atoms with Gasteiger partial charge < -0.3 is 14.0 Å². The fraction of sp³-hybridized carbons (Fsp3) is 0.235. The number of carbonyl (C=O) groups excluding carboxylic acids is 1. The van der Waals surface area contributed by atoms with Crippen molar-refractivity contribution in [2.24, 2.45) is 5.92 Å². The SMILES string of the molecule is CC(C)COC(=O)c1ccc(OS(=O)(=O)c2ccc(O)cc2)cc1. The molecule has 0 aliphatic carbocycles. The molecule has 7 heteroatoms. The summed E-state index contributed by atoms with van der Waals surface area (Å²) in [7, 11) is -4.01. The maximum atomic E-state index is 12.1. The van der Waals surface area contributed by atoms with Gasteiger partial charge in [0, 0.05) is 0 Å². The summed E-state index contributed by atoms with van der Waals surface area (Å²) in [6.45, 7) is 4.17. The van der Waals surface area contributed by atoms with Crippen LogP contribution in [0.3, 0.4) is 0 Å². The zero-order chi connectivity index (χ0) is 17.7. The Bertz CT molecular complexity index is 792. The van der Waals surface area contributed by atoms with E-state index in [0.717, 1.165) is 0 Å². The monoisotopic (exact) mass is 350 g/mol. The predicted molar refractivity (Wildman–Crippen MR) is 87.5 cm³/mol. The van der Waals surface area contributed by atoms with Crippen LogP contribution in [0, 0.1) is 5.92 Å². The van der Waals surface area contributed by atoms with E-state index in [-0.39, 0.29) is 22.3 Å². The van der Waals surface area contributed by atoms with Gasteiger partial charge in [-0.05, 0) is 54.4 Å². The van der Waals surface area contributed by atoms with Crippen molar-refractivity contribution in [2.45, 2.75) is 18.7 Å². The number of phenols is 1. The Hall–Kier alpha value is -2.54. The number of aromatic hydroxyl groups is 1. The fourth-order valence-electron chi connectivity index (χ4n) is 1.76. The molecular weight excluding hydrogens is 332 g/mol. The summed E-state index contributed by atoms with van der Waals surface area (Å²) in [5, 5.41) is 9.19. The summed E-state index contributed by atoms with van der Waals surface area (Å²) in [5.41, 5.74) is 0.310. The Labute approximate surface area is 140 Å². The summed E-state index contributed by atoms with van der Waals surface area (Å²) >= 11 is 0. The van der Waals surface area contributed by atoms with E-state index in [4.69, 9.17) is 8.92 Å². The fourth-order valence-corrected chi connectivity index (χ4v) is 2.69. The second-order valence-corrected chi connectivity index (χ2v) is 7.09. The number of ether oxygens (including phenoxy) is 1. The van der Waals surface area contributed by atoms with E-state index in [1.54, 1.807) is 0 Å². The zero-order valence-corrected chi connectivity index (χ0v) is 14.1. The average Bonchev–Trinajstić information content (AvgIpc) is 2.53. The highest BCUT2D eigenvalue weighted by molar-refractivity contribution is 7.87. The molecule has 0 unspecified atom stereocenters. The van der Waals surface area contributed by atoms with Crippen LogP contribution in [0.2, 0.25) is 0 Å². The van der Waals surface area contributed by atoms with Gasteiger partial charge in [-0.25, -0.2) is 4.79 Å². The topological polar surface area (TPSA) is 89.9 Å². The third-order valence-electron chi connectivity index (χ3n) is 2.97. The van der Waals surface area contributed by atoms with E-state index in [1.165, 1.54) is 48.5 Å². The van der Waals surface area contributed by atoms with Crippen molar-refractivity contribution in [1.29, 1.82) is 0 Å². The first-order valence-corrected chi connectivity index (χ1v) is 8.69. The van der Waals surface area contributed by atoms with E-state index in [0.29, 0.717) is 12.2 Å². The van der Waals surface area contributed by atoms with Gasteiger partial charge in [-0.1, -0.05) is 13.8 Å². The first-order valence-electron chi connectivity index (χ1n) is 7.28. The van der Waals surface area contributed by atoms with Crippen LogP contribution in [0.25, 0.3) is 0 Å². The lowest BCUT2D eigenvalue weighted by molar-refractivity contribution is 0.0459. The summed E-state index contributed by atoms with van der Waals surface area (Å²) < 4.78 is 34.3. The van der Waals surface area contributed by atoms with Gasteiger partial charge in [0.1, 0.15) is 16.4 Å². The Morgan fingerprint density at radius 1 is 1.04 bits per heavy atom. The highest BCUT2D eigenvalue weighted by Gasteiger charge is 2.17. The molecule has 6 nitrogen and oxygen atoms in total. The van der Waals surface area contributed by atoms with Crippen LogP contribution in [0.1, 0.15) is 24.2 Å². The third-order valence-corrected chi connectivity index (χ3v) is 4.23. The molecule has 2 aromatic carbocycles. The number of carbonyl (C=O) groups is 1. The lowest BCUT2D eigenvalue weighted by Crippen LogP contribution is -2.11. The quantitative estimate of drug-likeness (QED) is 0.636. The Morgan fingerprint density at radius 3 is 2.17 bits per heavy atom. The van der Waals surface area contributed by atoms with Gasteiger partial charge in [0.15, 0.2) is 0 Å². The highest BCUT2D eigenvalue weighted by atomic mass is 32.2. The molecule has 0 heterocycles. The lowest BCUT2D eigenvalue weighted by atomic mass is 10.2. The Balaban J connectivity index is 2.08. The first-order chi connectivity index (χ1) is 11.3. The molecule has 0 aromatic heterocycles. The molecule has 0 aliphatic heterocycles. The van der Waals surface area contributed by atoms with Gasteiger partial charge in [-0.15, -0.1) is 0 Å². The van der Waals surface area contributed by atoms with Crippen molar-refractivity contribution in [2.75, 3.05) is 6.61 Å². The van der Waals surface area contributed by atoms with Crippen LogP contribution in [-0.4, -0.2) is 26.1 Å². The van der Waals surface area contributed by atoms with E-state index in [9.17, 15) is 18.3 Å². The summed E-state index contributed by atoms with van der Waals surface area (Å²) in [5.74, 6) is -0.217. The first kappa shape index (κ1) is 17.8. The van der Waals surface area contributed by atoms with Crippen molar-refractivity contribution in [3.05, 3.63) is 54.1 Å².